The number of hydrogen-bond donors (Lipinski definition) is 0. The number of hydrogen-bond acceptors (Lipinski definition) is 2. The van der Waals surface area contributed by atoms with E-state index in [0.29, 0.717) is 0 Å². The lowest BCUT2D eigenvalue weighted by molar-refractivity contribution is 0.496. The number of benzene rings is 2. The van der Waals surface area contributed by atoms with Gasteiger partial charge in [0.25, 0.3) is 9.03 Å². The maximum Gasteiger partial charge on any atom is 0.275 e. The summed E-state index contributed by atoms with van der Waals surface area (Å²) in [4.78, 5) is 0. The van der Waals surface area contributed by atoms with Gasteiger partial charge in [0, 0.05) is 17.5 Å². The maximum absolute atomic E-state index is 5.98. The highest BCUT2D eigenvalue weighted by Gasteiger charge is 2.22. The second kappa shape index (κ2) is 5.59. The first-order chi connectivity index (χ1) is 10.4. The molecule has 0 bridgehead atoms. The molecule has 0 aromatic heterocycles. The molecule has 116 valence electrons. The van der Waals surface area contributed by atoms with Crippen molar-refractivity contribution in [1.29, 1.82) is 0 Å². The van der Waals surface area contributed by atoms with Crippen LogP contribution in [-0.4, -0.2) is 0 Å². The fourth-order valence-corrected chi connectivity index (χ4v) is 4.06. The van der Waals surface area contributed by atoms with Gasteiger partial charge in [-0.3, -0.25) is 0 Å². The van der Waals surface area contributed by atoms with Crippen molar-refractivity contribution in [3.63, 3.8) is 0 Å². The molecule has 0 radical (unpaired) electrons. The summed E-state index contributed by atoms with van der Waals surface area (Å²) in [5.74, 6) is 2.01. The molecule has 3 rings (SSSR count). The lowest BCUT2D eigenvalue weighted by Gasteiger charge is -2.25. The van der Waals surface area contributed by atoms with E-state index >= 15 is 0 Å². The van der Waals surface area contributed by atoms with Gasteiger partial charge in [0.05, 0.1) is 0 Å². The first-order valence-electron chi connectivity index (χ1n) is 7.68. The summed E-state index contributed by atoms with van der Waals surface area (Å²) in [5, 5.41) is 0. The Balaban J connectivity index is 2.26. The van der Waals surface area contributed by atoms with Crippen LogP contribution in [0.1, 0.15) is 44.5 Å². The molecule has 3 heteroatoms. The normalized spacial score (nSPS) is 13.4. The molecule has 0 fully saturated rings. The Bertz CT molecular complexity index is 700. The molecule has 0 aliphatic carbocycles. The molecule has 2 aromatic rings. The highest BCUT2D eigenvalue weighted by atomic mass is 31.1. The first-order valence-corrected chi connectivity index (χ1v) is 8.49. The van der Waals surface area contributed by atoms with Gasteiger partial charge >= 0.3 is 0 Å². The zero-order chi connectivity index (χ0) is 16.0. The molecule has 0 saturated heterocycles. The van der Waals surface area contributed by atoms with Crippen LogP contribution in [0.3, 0.4) is 0 Å². The molecule has 1 aliphatic rings. The lowest BCUT2D eigenvalue weighted by Crippen LogP contribution is -2.07. The van der Waals surface area contributed by atoms with Gasteiger partial charge in [-0.1, -0.05) is 12.1 Å². The van der Waals surface area contributed by atoms with Gasteiger partial charge in [-0.15, -0.1) is 0 Å². The van der Waals surface area contributed by atoms with Crippen LogP contribution in [0.4, 0.5) is 0 Å². The predicted octanol–water partition coefficient (Wildman–Crippen LogP) is 5.41. The summed E-state index contributed by atoms with van der Waals surface area (Å²) < 4.78 is 12.0. The van der Waals surface area contributed by atoms with E-state index in [0.717, 1.165) is 17.9 Å². The minimum Gasteiger partial charge on any atom is -0.440 e. The smallest absolute Gasteiger partial charge is 0.275 e. The van der Waals surface area contributed by atoms with Crippen LogP contribution in [0.5, 0.6) is 11.5 Å². The van der Waals surface area contributed by atoms with Gasteiger partial charge < -0.3 is 9.05 Å². The second-order valence-corrected chi connectivity index (χ2v) is 6.93. The van der Waals surface area contributed by atoms with Crippen molar-refractivity contribution in [2.45, 2.75) is 48.0 Å². The summed E-state index contributed by atoms with van der Waals surface area (Å²) in [5.41, 5.74) is 10.3. The summed E-state index contributed by atoms with van der Waals surface area (Å²) in [6, 6.07) is 4.41. The second-order valence-electron chi connectivity index (χ2n) is 6.35. The van der Waals surface area contributed by atoms with Crippen molar-refractivity contribution in [1.82, 2.24) is 0 Å². The fourth-order valence-electron chi connectivity index (χ4n) is 3.28. The molecule has 0 atom stereocenters. The third-order valence-corrected chi connectivity index (χ3v) is 5.43. The van der Waals surface area contributed by atoms with Crippen LogP contribution in [0.2, 0.25) is 0 Å². The Morgan fingerprint density at radius 2 is 1.09 bits per heavy atom. The van der Waals surface area contributed by atoms with Crippen molar-refractivity contribution in [3.8, 4) is 11.5 Å². The summed E-state index contributed by atoms with van der Waals surface area (Å²) in [7, 11) is 0.00339. The van der Waals surface area contributed by atoms with Gasteiger partial charge in [-0.05, 0) is 74.9 Å². The summed E-state index contributed by atoms with van der Waals surface area (Å²) >= 11 is 0. The highest BCUT2D eigenvalue weighted by Crippen LogP contribution is 2.42. The van der Waals surface area contributed by atoms with Crippen molar-refractivity contribution in [2.75, 3.05) is 0 Å². The molecule has 1 heterocycles. The van der Waals surface area contributed by atoms with E-state index in [4.69, 9.17) is 9.05 Å². The standard InChI is InChI=1S/C19H23O2P/c1-10-7-12(3)18-16(14(10)5)9-17-15(6)11(2)8-13(4)19(17)21-22-20-18/h7-8,22H,9H2,1-6H3. The molecule has 2 aromatic carbocycles. The van der Waals surface area contributed by atoms with Crippen molar-refractivity contribution >= 4 is 9.03 Å². The zero-order valence-electron chi connectivity index (χ0n) is 14.2. The van der Waals surface area contributed by atoms with Crippen LogP contribution in [0, 0.1) is 41.5 Å². The van der Waals surface area contributed by atoms with E-state index < -0.39 is 0 Å². The third kappa shape index (κ3) is 2.40. The van der Waals surface area contributed by atoms with E-state index in [1.165, 1.54) is 44.5 Å². The summed E-state index contributed by atoms with van der Waals surface area (Å²) in [6.45, 7) is 13.0. The van der Waals surface area contributed by atoms with Crippen LogP contribution >= 0.6 is 9.03 Å². The Morgan fingerprint density at radius 3 is 1.50 bits per heavy atom. The van der Waals surface area contributed by atoms with E-state index in [1.807, 2.05) is 0 Å². The van der Waals surface area contributed by atoms with E-state index in [9.17, 15) is 0 Å². The van der Waals surface area contributed by atoms with E-state index in [2.05, 4.69) is 53.7 Å². The molecule has 0 N–H and O–H groups in total. The van der Waals surface area contributed by atoms with Crippen LogP contribution in [-0.2, 0) is 6.42 Å². The van der Waals surface area contributed by atoms with Crippen molar-refractivity contribution < 1.29 is 9.05 Å². The first kappa shape index (κ1) is 15.4. The molecule has 22 heavy (non-hydrogen) atoms. The average molecular weight is 314 g/mol. The number of aryl methyl sites for hydroxylation is 4. The maximum atomic E-state index is 5.98. The van der Waals surface area contributed by atoms with Gasteiger partial charge in [-0.2, -0.15) is 0 Å². The molecular formula is C19H23O2P. The molecule has 0 amide bonds. The number of fused-ring (bicyclic) bond motifs is 2. The monoisotopic (exact) mass is 314 g/mol. The quantitative estimate of drug-likeness (QED) is 0.605. The van der Waals surface area contributed by atoms with E-state index in [-0.39, 0.29) is 9.03 Å². The van der Waals surface area contributed by atoms with Crippen LogP contribution in [0.25, 0.3) is 0 Å². The zero-order valence-corrected chi connectivity index (χ0v) is 15.2. The minimum absolute atomic E-state index is 0.00339. The highest BCUT2D eigenvalue weighted by molar-refractivity contribution is 7.27. The minimum atomic E-state index is 0.00339. The third-order valence-electron chi connectivity index (χ3n) is 4.86. The lowest BCUT2D eigenvalue weighted by atomic mass is 9.89. The molecule has 0 spiro atoms. The van der Waals surface area contributed by atoms with Gasteiger partial charge in [-0.25, -0.2) is 0 Å². The van der Waals surface area contributed by atoms with Crippen molar-refractivity contribution in [2.24, 2.45) is 0 Å². The van der Waals surface area contributed by atoms with Gasteiger partial charge in [0.15, 0.2) is 0 Å². The molecule has 0 saturated carbocycles. The average Bonchev–Trinajstić information content (AvgIpc) is 2.43. The van der Waals surface area contributed by atoms with Gasteiger partial charge in [0.2, 0.25) is 0 Å². The topological polar surface area (TPSA) is 18.5 Å². The Morgan fingerprint density at radius 1 is 0.682 bits per heavy atom. The Hall–Kier alpha value is -1.53. The van der Waals surface area contributed by atoms with Crippen LogP contribution < -0.4 is 9.05 Å². The van der Waals surface area contributed by atoms with Crippen LogP contribution in [0.15, 0.2) is 12.1 Å². The predicted molar refractivity (Wildman–Crippen MR) is 93.7 cm³/mol. The van der Waals surface area contributed by atoms with Crippen molar-refractivity contribution in [3.05, 3.63) is 56.6 Å². The molecule has 0 unspecified atom stereocenters. The molecule has 2 nitrogen and oxygen atoms in total. The Kier molecular flexibility index (Phi) is 3.91. The fraction of sp³-hybridized carbons (Fsp3) is 0.368. The van der Waals surface area contributed by atoms with E-state index in [1.54, 1.807) is 0 Å². The SMILES string of the molecule is Cc1cc(C)c2c(c1C)Cc1c(C)c(C)cc(C)c1OPO2. The molecular weight excluding hydrogens is 291 g/mol. The summed E-state index contributed by atoms with van der Waals surface area (Å²) in [6.07, 6.45) is 0.873. The largest absolute Gasteiger partial charge is 0.440 e. The molecule has 1 aliphatic heterocycles. The Labute approximate surface area is 134 Å². The number of rotatable bonds is 0. The van der Waals surface area contributed by atoms with Gasteiger partial charge in [0.1, 0.15) is 11.5 Å².